The third-order valence-corrected chi connectivity index (χ3v) is 6.39. The normalized spacial score (nSPS) is 12.1. The van der Waals surface area contributed by atoms with Crippen LogP contribution in [-0.2, 0) is 16.0 Å². The first kappa shape index (κ1) is 23.4. The molecule has 1 N–H and O–H groups in total. The average molecular weight is 483 g/mol. The van der Waals surface area contributed by atoms with Crippen LogP contribution >= 0.6 is 0 Å². The van der Waals surface area contributed by atoms with E-state index in [-0.39, 0.29) is 0 Å². The number of para-hydroxylation sites is 2. The highest BCUT2D eigenvalue weighted by Gasteiger charge is 2.24. The minimum absolute atomic E-state index is 0.427. The Labute approximate surface area is 208 Å². The van der Waals surface area contributed by atoms with Crippen molar-refractivity contribution in [3.05, 3.63) is 77.5 Å². The first-order valence-corrected chi connectivity index (χ1v) is 11.8. The molecule has 0 saturated heterocycles. The standard InChI is InChI=1S/C29H26N2O5/c1-5-21-16(2)27(19-11-6-8-12-22(19)30-21)29(33)35-17(3)28(32)31-23-15-25-20(14-26(23)34-4)18-10-7-9-13-24(18)36-25/h6-15,17H,5H2,1-4H3,(H,31,32). The van der Waals surface area contributed by atoms with Crippen LogP contribution in [0.25, 0.3) is 32.8 Å². The number of hydrogen-bond acceptors (Lipinski definition) is 6. The Morgan fingerprint density at radius 2 is 1.72 bits per heavy atom. The fourth-order valence-electron chi connectivity index (χ4n) is 4.49. The first-order valence-electron chi connectivity index (χ1n) is 11.8. The Balaban J connectivity index is 1.41. The number of aryl methyl sites for hydroxylation is 1. The van der Waals surface area contributed by atoms with E-state index in [0.29, 0.717) is 39.9 Å². The molecule has 0 aliphatic rings. The third kappa shape index (κ3) is 4.02. The molecule has 182 valence electrons. The van der Waals surface area contributed by atoms with Crippen molar-refractivity contribution in [2.24, 2.45) is 0 Å². The number of anilines is 1. The molecule has 36 heavy (non-hydrogen) atoms. The molecule has 0 spiro atoms. The number of aromatic nitrogens is 1. The van der Waals surface area contributed by atoms with Gasteiger partial charge in [0.1, 0.15) is 16.9 Å². The zero-order valence-electron chi connectivity index (χ0n) is 20.5. The maximum atomic E-state index is 13.2. The molecule has 0 aliphatic carbocycles. The number of amides is 1. The van der Waals surface area contributed by atoms with E-state index in [1.54, 1.807) is 13.0 Å². The van der Waals surface area contributed by atoms with Gasteiger partial charge in [-0.25, -0.2) is 4.79 Å². The van der Waals surface area contributed by atoms with Crippen molar-refractivity contribution in [2.75, 3.05) is 12.4 Å². The van der Waals surface area contributed by atoms with Gasteiger partial charge in [0.2, 0.25) is 0 Å². The molecule has 0 fully saturated rings. The number of nitrogens with one attached hydrogen (secondary N) is 1. The van der Waals surface area contributed by atoms with Crippen molar-refractivity contribution in [1.82, 2.24) is 4.98 Å². The largest absolute Gasteiger partial charge is 0.495 e. The van der Waals surface area contributed by atoms with Gasteiger partial charge >= 0.3 is 5.97 Å². The number of pyridine rings is 1. The minimum Gasteiger partial charge on any atom is -0.495 e. The summed E-state index contributed by atoms with van der Waals surface area (Å²) in [6.07, 6.45) is -0.373. The average Bonchev–Trinajstić information content (AvgIpc) is 3.24. The van der Waals surface area contributed by atoms with E-state index in [2.05, 4.69) is 10.3 Å². The van der Waals surface area contributed by atoms with Gasteiger partial charge in [-0.1, -0.05) is 43.3 Å². The number of hydrogen-bond donors (Lipinski definition) is 1. The number of rotatable bonds is 6. The van der Waals surface area contributed by atoms with Crippen LogP contribution in [0.1, 0.15) is 35.5 Å². The summed E-state index contributed by atoms with van der Waals surface area (Å²) in [5.41, 5.74) is 4.50. The van der Waals surface area contributed by atoms with Gasteiger partial charge in [0.15, 0.2) is 6.10 Å². The number of furan rings is 1. The lowest BCUT2D eigenvalue weighted by Gasteiger charge is -2.17. The van der Waals surface area contributed by atoms with E-state index in [4.69, 9.17) is 13.9 Å². The topological polar surface area (TPSA) is 90.7 Å². The van der Waals surface area contributed by atoms with Crippen LogP contribution in [0.2, 0.25) is 0 Å². The first-order chi connectivity index (χ1) is 17.4. The number of esters is 1. The van der Waals surface area contributed by atoms with Crippen molar-refractivity contribution in [1.29, 1.82) is 0 Å². The Morgan fingerprint density at radius 1 is 1.00 bits per heavy atom. The number of fused-ring (bicyclic) bond motifs is 4. The second-order valence-electron chi connectivity index (χ2n) is 8.61. The summed E-state index contributed by atoms with van der Waals surface area (Å²) < 4.78 is 17.1. The van der Waals surface area contributed by atoms with Gasteiger partial charge in [0.25, 0.3) is 5.91 Å². The molecule has 2 heterocycles. The molecule has 1 unspecified atom stereocenters. The summed E-state index contributed by atoms with van der Waals surface area (Å²) in [7, 11) is 1.53. The zero-order chi connectivity index (χ0) is 25.4. The van der Waals surface area contributed by atoms with Crippen LogP contribution < -0.4 is 10.1 Å². The van der Waals surface area contributed by atoms with Crippen molar-refractivity contribution < 1.29 is 23.5 Å². The molecule has 5 rings (SSSR count). The van der Waals surface area contributed by atoms with Gasteiger partial charge < -0.3 is 19.2 Å². The van der Waals surface area contributed by atoms with E-state index < -0.39 is 18.0 Å². The zero-order valence-corrected chi connectivity index (χ0v) is 20.5. The van der Waals surface area contributed by atoms with Gasteiger partial charge in [-0.3, -0.25) is 9.78 Å². The van der Waals surface area contributed by atoms with Crippen LogP contribution in [0.4, 0.5) is 5.69 Å². The fourth-order valence-corrected chi connectivity index (χ4v) is 4.49. The van der Waals surface area contributed by atoms with Crippen molar-refractivity contribution in [3.8, 4) is 5.75 Å². The van der Waals surface area contributed by atoms with Crippen LogP contribution in [0, 0.1) is 6.92 Å². The highest BCUT2D eigenvalue weighted by molar-refractivity contribution is 6.09. The number of nitrogens with zero attached hydrogens (tertiary/aromatic N) is 1. The quantitative estimate of drug-likeness (QED) is 0.290. The summed E-state index contributed by atoms with van der Waals surface area (Å²) in [6, 6.07) is 18.7. The molecule has 7 nitrogen and oxygen atoms in total. The molecule has 1 atom stereocenters. The smallest absolute Gasteiger partial charge is 0.339 e. The van der Waals surface area contributed by atoms with E-state index in [9.17, 15) is 9.59 Å². The molecular weight excluding hydrogens is 456 g/mol. The highest BCUT2D eigenvalue weighted by Crippen LogP contribution is 2.36. The van der Waals surface area contributed by atoms with Gasteiger partial charge in [-0.15, -0.1) is 0 Å². The van der Waals surface area contributed by atoms with E-state index >= 15 is 0 Å². The summed E-state index contributed by atoms with van der Waals surface area (Å²) in [5.74, 6) is -0.573. The summed E-state index contributed by atoms with van der Waals surface area (Å²) >= 11 is 0. The Morgan fingerprint density at radius 3 is 2.47 bits per heavy atom. The lowest BCUT2D eigenvalue weighted by atomic mass is 10.0. The molecule has 0 bridgehead atoms. The van der Waals surface area contributed by atoms with Crippen LogP contribution in [0.15, 0.2) is 65.1 Å². The lowest BCUT2D eigenvalue weighted by molar-refractivity contribution is -0.123. The second kappa shape index (κ2) is 9.34. The molecular formula is C29H26N2O5. The molecule has 0 aliphatic heterocycles. The van der Waals surface area contributed by atoms with Crippen molar-refractivity contribution in [2.45, 2.75) is 33.3 Å². The summed E-state index contributed by atoms with van der Waals surface area (Å²) in [6.45, 7) is 5.38. The number of methoxy groups -OCH3 is 1. The number of ether oxygens (including phenoxy) is 2. The maximum Gasteiger partial charge on any atom is 0.339 e. The molecule has 7 heteroatoms. The molecule has 5 aromatic rings. The Hall–Kier alpha value is -4.39. The SMILES string of the molecule is CCc1nc2ccccc2c(C(=O)OC(C)C(=O)Nc2cc3oc4ccccc4c3cc2OC)c1C. The van der Waals surface area contributed by atoms with Crippen LogP contribution in [-0.4, -0.2) is 30.1 Å². The number of benzene rings is 3. The molecule has 0 radical (unpaired) electrons. The van der Waals surface area contributed by atoms with Crippen molar-refractivity contribution in [3.63, 3.8) is 0 Å². The van der Waals surface area contributed by atoms with E-state index in [0.717, 1.165) is 27.6 Å². The predicted octanol–water partition coefficient (Wildman–Crippen LogP) is 6.20. The summed E-state index contributed by atoms with van der Waals surface area (Å²) in [5, 5.41) is 5.35. The van der Waals surface area contributed by atoms with Crippen LogP contribution in [0.3, 0.4) is 0 Å². The maximum absolute atomic E-state index is 13.2. The Bertz CT molecular complexity index is 1640. The Kier molecular flexibility index (Phi) is 6.06. The summed E-state index contributed by atoms with van der Waals surface area (Å²) in [4.78, 5) is 30.9. The highest BCUT2D eigenvalue weighted by atomic mass is 16.5. The minimum atomic E-state index is -1.05. The molecule has 3 aromatic carbocycles. The van der Waals surface area contributed by atoms with Crippen LogP contribution in [0.5, 0.6) is 5.75 Å². The number of carbonyl (C=O) groups excluding carboxylic acids is 2. The number of carbonyl (C=O) groups is 2. The monoisotopic (exact) mass is 482 g/mol. The van der Waals surface area contributed by atoms with Gasteiger partial charge in [-0.2, -0.15) is 0 Å². The molecule has 2 aromatic heterocycles. The van der Waals surface area contributed by atoms with Gasteiger partial charge in [0, 0.05) is 27.9 Å². The van der Waals surface area contributed by atoms with E-state index in [1.165, 1.54) is 7.11 Å². The fraction of sp³-hybridized carbons (Fsp3) is 0.207. The molecule has 0 saturated carbocycles. The third-order valence-electron chi connectivity index (χ3n) is 6.39. The second-order valence-corrected chi connectivity index (χ2v) is 8.61. The molecule has 1 amide bonds. The van der Waals surface area contributed by atoms with E-state index in [1.807, 2.05) is 68.4 Å². The van der Waals surface area contributed by atoms with Crippen molar-refractivity contribution >= 4 is 50.4 Å². The van der Waals surface area contributed by atoms with Gasteiger partial charge in [0.05, 0.1) is 23.9 Å². The lowest BCUT2D eigenvalue weighted by Crippen LogP contribution is -2.30. The van der Waals surface area contributed by atoms with Gasteiger partial charge in [-0.05, 0) is 44.0 Å². The predicted molar refractivity (Wildman–Crippen MR) is 140 cm³/mol.